The highest BCUT2D eigenvalue weighted by Gasteiger charge is 2.33. The van der Waals surface area contributed by atoms with E-state index in [4.69, 9.17) is 39.4 Å². The molecule has 0 aromatic rings. The van der Waals surface area contributed by atoms with Gasteiger partial charge in [-0.25, -0.2) is 19.2 Å². The number of nitrogens with zero attached hydrogens (tertiary/aromatic N) is 9. The van der Waals surface area contributed by atoms with Crippen molar-refractivity contribution in [1.29, 1.82) is 0 Å². The molecule has 0 aliphatic carbocycles. The number of ether oxygens (including phenoxy) is 4. The molecule has 2 amide bonds. The molecule has 0 aliphatic rings. The van der Waals surface area contributed by atoms with Gasteiger partial charge in [-0.1, -0.05) is 20.6 Å². The van der Waals surface area contributed by atoms with Gasteiger partial charge in [0.2, 0.25) is 38.2 Å². The van der Waals surface area contributed by atoms with E-state index in [0.717, 1.165) is 24.5 Å². The van der Waals surface area contributed by atoms with Crippen LogP contribution >= 0.6 is 0 Å². The number of carbonyl (C=O) groups is 9. The first-order valence-corrected chi connectivity index (χ1v) is 30.5. The van der Waals surface area contributed by atoms with E-state index in [1.54, 1.807) is 0 Å². The van der Waals surface area contributed by atoms with Crippen molar-refractivity contribution in [1.82, 2.24) is 24.5 Å². The maximum Gasteiger partial charge on any atom is 0.347 e. The molecule has 0 heterocycles. The van der Waals surface area contributed by atoms with Gasteiger partial charge in [0.05, 0.1) is 110 Å². The zero-order chi connectivity index (χ0) is 78.3. The van der Waals surface area contributed by atoms with Crippen molar-refractivity contribution in [3.8, 4) is 0 Å². The Balaban J connectivity index is 6.54. The lowest BCUT2D eigenvalue weighted by atomic mass is 10.0. The van der Waals surface area contributed by atoms with Crippen LogP contribution in [0.5, 0.6) is 0 Å². The Hall–Kier alpha value is -7.81. The van der Waals surface area contributed by atoms with Gasteiger partial charge in [-0.2, -0.15) is 0 Å². The highest BCUT2D eigenvalue weighted by atomic mass is 16.7. The molecule has 0 saturated heterocycles. The fourth-order valence-electron chi connectivity index (χ4n) is 7.67. The largest absolute Gasteiger partial charge is 0.480 e. The number of aliphatic hydroxyl groups is 20. The molecule has 0 aromatic heterocycles. The third kappa shape index (κ3) is 41.9. The molecular weight excluding hydrogens is 1410 g/mol. The van der Waals surface area contributed by atoms with Crippen LogP contribution < -0.4 is 0 Å². The first kappa shape index (κ1) is 95.2. The fourth-order valence-corrected chi connectivity index (χ4v) is 7.67. The summed E-state index contributed by atoms with van der Waals surface area (Å²) in [4.78, 5) is 138. The minimum Gasteiger partial charge on any atom is -0.480 e. The Labute approximate surface area is 583 Å². The Morgan fingerprint density at radius 2 is 0.495 bits per heavy atom. The smallest absolute Gasteiger partial charge is 0.347 e. The number of carbonyl (C=O) groups excluding carboxylic acids is 6. The molecule has 0 spiro atoms. The minimum absolute atomic E-state index is 0.405. The van der Waals surface area contributed by atoms with Crippen LogP contribution in [0.1, 0.15) is 0 Å². The van der Waals surface area contributed by atoms with Crippen LogP contribution in [0.25, 0.3) is 0 Å². The Bertz CT molecular complexity index is 2320. The second-order valence-electron chi connectivity index (χ2n) is 21.5. The Kier molecular flexibility index (Phi) is 49.8. The highest BCUT2D eigenvalue weighted by molar-refractivity contribution is 5.80. The molecule has 16 atom stereocenters. The van der Waals surface area contributed by atoms with Gasteiger partial charge in [0.1, 0.15) is 124 Å². The number of oxime groups is 4. The van der Waals surface area contributed by atoms with Crippen molar-refractivity contribution >= 4 is 78.5 Å². The number of carboxylic acid groups (broad SMARTS) is 3. The summed E-state index contributed by atoms with van der Waals surface area (Å²) in [6, 6.07) is 0. The number of rotatable bonds is 60. The monoisotopic (exact) mass is 1510 g/mol. The summed E-state index contributed by atoms with van der Waals surface area (Å²) in [5.41, 5.74) is 0. The van der Waals surface area contributed by atoms with Gasteiger partial charge in [0.15, 0.2) is 0 Å². The van der Waals surface area contributed by atoms with E-state index < -0.39 is 316 Å². The van der Waals surface area contributed by atoms with Crippen LogP contribution in [0.15, 0.2) is 20.6 Å². The van der Waals surface area contributed by atoms with E-state index in [-0.39, 0.29) is 0 Å². The van der Waals surface area contributed by atoms with E-state index in [9.17, 15) is 140 Å². The third-order valence-electron chi connectivity index (χ3n) is 13.5. The molecule has 0 rings (SSSR count). The molecule has 0 radical (unpaired) electrons. The van der Waals surface area contributed by atoms with Crippen LogP contribution in [0.2, 0.25) is 0 Å². The van der Waals surface area contributed by atoms with E-state index in [2.05, 4.69) is 40.0 Å². The lowest BCUT2D eigenvalue weighted by molar-refractivity contribution is -0.153. The van der Waals surface area contributed by atoms with Gasteiger partial charge < -0.3 is 166 Å². The molecule has 23 N–H and O–H groups in total. The van der Waals surface area contributed by atoms with Crippen molar-refractivity contribution in [2.24, 2.45) is 20.6 Å². The first-order valence-electron chi connectivity index (χ1n) is 30.5. The number of carboxylic acids is 3. The molecule has 0 bridgehead atoms. The molecule has 49 heteroatoms. The highest BCUT2D eigenvalue weighted by Crippen LogP contribution is 2.09. The van der Waals surface area contributed by atoms with Gasteiger partial charge in [-0.15, -0.1) is 0 Å². The van der Waals surface area contributed by atoms with E-state index >= 15 is 0 Å². The predicted octanol–water partition coefficient (Wildman–Crippen LogP) is -17.3. The van der Waals surface area contributed by atoms with Crippen molar-refractivity contribution < 1.29 is 199 Å². The van der Waals surface area contributed by atoms with Gasteiger partial charge >= 0.3 is 41.8 Å². The number of aliphatic hydroxyl groups excluding tert-OH is 20. The third-order valence-corrected chi connectivity index (χ3v) is 13.5. The number of aliphatic carboxylic acids is 3. The van der Waals surface area contributed by atoms with E-state index in [1.807, 2.05) is 0 Å². The van der Waals surface area contributed by atoms with Crippen LogP contribution in [-0.2, 0) is 81.4 Å². The summed E-state index contributed by atoms with van der Waals surface area (Å²) < 4.78 is 20.1. The molecule has 0 aromatic carbocycles. The summed E-state index contributed by atoms with van der Waals surface area (Å²) in [5.74, 6) is -11.2. The average Bonchev–Trinajstić information content (AvgIpc) is 0.981. The van der Waals surface area contributed by atoms with E-state index in [0.29, 0.717) is 24.9 Å². The lowest BCUT2D eigenvalue weighted by Crippen LogP contribution is -2.49. The van der Waals surface area contributed by atoms with Crippen LogP contribution in [-0.4, -0.2) is 482 Å². The molecule has 0 aliphatic heterocycles. The normalized spacial score (nSPS) is 16.7. The summed E-state index contributed by atoms with van der Waals surface area (Å²) in [5, 5.41) is 235. The molecule has 594 valence electrons. The quantitative estimate of drug-likeness (QED) is 0.0116. The van der Waals surface area contributed by atoms with Crippen molar-refractivity contribution in [3.05, 3.63) is 0 Å². The van der Waals surface area contributed by atoms with Crippen LogP contribution in [0, 0.1) is 0 Å². The van der Waals surface area contributed by atoms with Crippen LogP contribution in [0.4, 0.5) is 0 Å². The number of esters is 4. The van der Waals surface area contributed by atoms with Crippen LogP contribution in [0.3, 0.4) is 0 Å². The van der Waals surface area contributed by atoms with Crippen molar-refractivity contribution in [2.45, 2.75) is 97.7 Å². The second-order valence-corrected chi connectivity index (χ2v) is 21.5. The van der Waals surface area contributed by atoms with Gasteiger partial charge in [0, 0.05) is 26.2 Å². The summed E-state index contributed by atoms with van der Waals surface area (Å²) in [6.45, 7) is -18.7. The summed E-state index contributed by atoms with van der Waals surface area (Å²) in [7, 11) is 0. The molecular formula is C54H93N9O40. The van der Waals surface area contributed by atoms with Gasteiger partial charge in [-0.3, -0.25) is 38.7 Å². The standard InChI is InChI=1S/C54H93N9O40/c64-22-34(72)51(92)47(88)30(68)13-55-100-26-43(84)96-9-5-62(6-10-97-44(85)27-101-56-14-31(69)48(89)52(93)35(73)23-65)38(76)17-60(20-41(80)81)3-1-59(19-40(78)79)2-4-61(21-42(82)83)18-39(77)63(7-11-98-45(86)28-102-57-15-32(70)49(90)53(94)36(74)24-66)8-12-99-46(87)29-103-58-16-33(71)50(91)54(95)37(75)25-67/h13-16,30-37,47-54,64-75,88-95H,1-12,17-29H2,(H,78,79)(H,80,81)(H,82,83)/b55-13-,56-14+,57-15+,58-16+/t30-,31-,32-,33-,34+,35+,36+,37+,47-,48-,49-,50-,51-,52-,53-,54-/m0/s1. The van der Waals surface area contributed by atoms with E-state index in [1.165, 1.54) is 0 Å². The zero-order valence-corrected chi connectivity index (χ0v) is 55.0. The molecule has 49 nitrogen and oxygen atoms in total. The Morgan fingerprint density at radius 1 is 0.291 bits per heavy atom. The zero-order valence-electron chi connectivity index (χ0n) is 55.0. The summed E-state index contributed by atoms with van der Waals surface area (Å²) >= 11 is 0. The first-order chi connectivity index (χ1) is 48.5. The molecule has 0 unspecified atom stereocenters. The topological polar surface area (TPSA) is 758 Å². The minimum atomic E-state index is -2.08. The number of amides is 2. The Morgan fingerprint density at radius 3 is 0.699 bits per heavy atom. The van der Waals surface area contributed by atoms with Gasteiger partial charge in [-0.05, 0) is 0 Å². The molecule has 0 fully saturated rings. The van der Waals surface area contributed by atoms with Crippen molar-refractivity contribution in [3.63, 3.8) is 0 Å². The predicted molar refractivity (Wildman–Crippen MR) is 331 cm³/mol. The van der Waals surface area contributed by atoms with Gasteiger partial charge in [0.25, 0.3) is 0 Å². The average molecular weight is 1510 g/mol. The maximum absolute atomic E-state index is 13.9. The SMILES string of the molecule is O=C(O)CN(CCN(CC(=O)O)CC(=O)N(CCOC(=O)CO/N=C\[C@H](O)[C@H](O)[C@@H](O)[C@H](O)CO)CCOC(=O)CO/N=C/[C@H](O)[C@H](O)[C@@H](O)[C@H](O)CO)CCN(CC(=O)O)CC(=O)N(CCOC(=O)CO/N=C/[C@H](O)[C@H](O)[C@@H](O)[C@H](O)CO)CCOC(=O)CO/N=C/[C@H](O)[C@H](O)[C@@H](O)[C@H](O)CO. The molecule has 103 heavy (non-hydrogen) atoms. The maximum atomic E-state index is 13.9. The number of hydrogen-bond acceptors (Lipinski definition) is 44. The summed E-state index contributed by atoms with van der Waals surface area (Å²) in [6.07, 6.45) is -29.8. The van der Waals surface area contributed by atoms with Crippen molar-refractivity contribution in [2.75, 3.05) is 164 Å². The lowest BCUT2D eigenvalue weighted by Gasteiger charge is -2.30. The fraction of sp³-hybridized carbons (Fsp3) is 0.759. The molecule has 0 saturated carbocycles. The second kappa shape index (κ2) is 53.9. The number of hydrogen-bond donors (Lipinski definition) is 23.